The van der Waals surface area contributed by atoms with Crippen molar-refractivity contribution >= 4 is 17.7 Å². The zero-order chi connectivity index (χ0) is 13.8. The summed E-state index contributed by atoms with van der Waals surface area (Å²) in [5.41, 5.74) is 0. The van der Waals surface area contributed by atoms with E-state index in [9.17, 15) is 14.9 Å². The molecule has 2 rings (SSSR count). The molecule has 1 saturated heterocycles. The van der Waals surface area contributed by atoms with Gasteiger partial charge < -0.3 is 24.7 Å². The number of nitrogens with zero attached hydrogens (tertiary/aromatic N) is 5. The molecule has 1 aromatic rings. The van der Waals surface area contributed by atoms with Crippen molar-refractivity contribution in [2.75, 3.05) is 37.7 Å². The minimum atomic E-state index is -0.649. The van der Waals surface area contributed by atoms with Gasteiger partial charge in [-0.2, -0.15) is 0 Å². The molecule has 104 valence electrons. The molecule has 0 N–H and O–H groups in total. The number of carbonyl (C=O) groups is 1. The Morgan fingerprint density at radius 1 is 1.42 bits per heavy atom. The summed E-state index contributed by atoms with van der Waals surface area (Å²) in [6.07, 6.45) is -0.380. The maximum Gasteiger partial charge on any atom is 0.458 e. The largest absolute Gasteiger partial charge is 0.458 e. The molecule has 0 spiro atoms. The Labute approximate surface area is 108 Å². The number of hydrogen-bond acceptors (Lipinski definition) is 8. The van der Waals surface area contributed by atoms with E-state index in [0.717, 1.165) is 0 Å². The van der Waals surface area contributed by atoms with Crippen molar-refractivity contribution in [2.45, 2.75) is 6.92 Å². The molecule has 2 heterocycles. The lowest BCUT2D eigenvalue weighted by Gasteiger charge is -2.33. The predicted molar refractivity (Wildman–Crippen MR) is 61.8 cm³/mol. The Morgan fingerprint density at radius 3 is 2.68 bits per heavy atom. The molecule has 0 radical (unpaired) electrons. The minimum absolute atomic E-state index is 0.0912. The molecule has 10 heteroatoms. The van der Waals surface area contributed by atoms with Crippen LogP contribution in [0.25, 0.3) is 0 Å². The Hall–Kier alpha value is -2.39. The van der Waals surface area contributed by atoms with Gasteiger partial charge in [0.25, 0.3) is 5.82 Å². The highest BCUT2D eigenvalue weighted by molar-refractivity contribution is 5.68. The van der Waals surface area contributed by atoms with Crippen molar-refractivity contribution in [3.05, 3.63) is 10.1 Å². The number of amides is 1. The van der Waals surface area contributed by atoms with Crippen LogP contribution in [0.2, 0.25) is 0 Å². The quantitative estimate of drug-likeness (QED) is 0.567. The summed E-state index contributed by atoms with van der Waals surface area (Å²) in [5.74, 6) is -0.321. The third kappa shape index (κ3) is 2.72. The number of rotatable bonds is 3. The van der Waals surface area contributed by atoms with Gasteiger partial charge in [0.15, 0.2) is 5.16 Å². The summed E-state index contributed by atoms with van der Waals surface area (Å²) in [5, 5.41) is 17.5. The Morgan fingerprint density at radius 2 is 2.11 bits per heavy atom. The van der Waals surface area contributed by atoms with Crippen molar-refractivity contribution in [3.8, 4) is 0 Å². The molecule has 0 bridgehead atoms. The first-order valence-corrected chi connectivity index (χ1v) is 5.77. The van der Waals surface area contributed by atoms with E-state index in [0.29, 0.717) is 32.8 Å². The van der Waals surface area contributed by atoms with Crippen molar-refractivity contribution in [1.29, 1.82) is 0 Å². The predicted octanol–water partition coefficient (Wildman–Crippen LogP) is 0.256. The average Bonchev–Trinajstić information content (AvgIpc) is 2.88. The highest BCUT2D eigenvalue weighted by Crippen LogP contribution is 2.24. The van der Waals surface area contributed by atoms with Crippen LogP contribution >= 0.6 is 0 Å². The fourth-order valence-electron chi connectivity index (χ4n) is 1.81. The van der Waals surface area contributed by atoms with Gasteiger partial charge in [-0.05, 0) is 11.8 Å². The first kappa shape index (κ1) is 13.1. The van der Waals surface area contributed by atoms with Crippen LogP contribution < -0.4 is 4.90 Å². The Kier molecular flexibility index (Phi) is 3.78. The number of ether oxygens (including phenoxy) is 1. The number of aromatic nitrogens is 2. The van der Waals surface area contributed by atoms with Gasteiger partial charge in [0.1, 0.15) is 0 Å². The number of piperazine rings is 1. The van der Waals surface area contributed by atoms with E-state index >= 15 is 0 Å². The van der Waals surface area contributed by atoms with Crippen LogP contribution in [0.3, 0.4) is 0 Å². The van der Waals surface area contributed by atoms with E-state index in [2.05, 4.69) is 14.9 Å². The standard InChI is InChI=1S/C9H13N5O5/c1-2-18-9(15)13-5-3-12(4-6-13)7-8(14(16)17)11-19-10-7/h2-6H2,1H3. The molecule has 1 aromatic heterocycles. The normalized spacial score (nSPS) is 15.4. The molecular formula is C9H13N5O5. The van der Waals surface area contributed by atoms with E-state index < -0.39 is 10.7 Å². The van der Waals surface area contributed by atoms with Crippen LogP contribution in [0.4, 0.5) is 16.4 Å². The van der Waals surface area contributed by atoms with Crippen molar-refractivity contribution in [2.24, 2.45) is 0 Å². The molecule has 19 heavy (non-hydrogen) atoms. The van der Waals surface area contributed by atoms with Crippen LogP contribution in [-0.2, 0) is 4.74 Å². The van der Waals surface area contributed by atoms with E-state index in [4.69, 9.17) is 4.74 Å². The van der Waals surface area contributed by atoms with Gasteiger partial charge in [0, 0.05) is 31.3 Å². The van der Waals surface area contributed by atoms with Gasteiger partial charge in [0.2, 0.25) is 0 Å². The van der Waals surface area contributed by atoms with Crippen LogP contribution in [0.5, 0.6) is 0 Å². The number of nitro groups is 1. The summed E-state index contributed by atoms with van der Waals surface area (Å²) in [4.78, 5) is 24.8. The summed E-state index contributed by atoms with van der Waals surface area (Å²) in [6.45, 7) is 3.68. The maximum atomic E-state index is 11.5. The molecule has 0 saturated carbocycles. The second kappa shape index (κ2) is 5.50. The first-order chi connectivity index (χ1) is 9.13. The molecule has 0 atom stereocenters. The van der Waals surface area contributed by atoms with Crippen LogP contribution in [0.1, 0.15) is 6.92 Å². The Balaban J connectivity index is 1.98. The monoisotopic (exact) mass is 271 g/mol. The van der Waals surface area contributed by atoms with Gasteiger partial charge in [-0.3, -0.25) is 0 Å². The van der Waals surface area contributed by atoms with Crippen LogP contribution in [-0.4, -0.2) is 59.0 Å². The Bertz CT molecular complexity index is 467. The van der Waals surface area contributed by atoms with Crippen molar-refractivity contribution < 1.29 is 19.1 Å². The summed E-state index contributed by atoms with van der Waals surface area (Å²) in [6, 6.07) is 0. The average molecular weight is 271 g/mol. The van der Waals surface area contributed by atoms with E-state index in [-0.39, 0.29) is 11.9 Å². The molecule has 1 aliphatic rings. The van der Waals surface area contributed by atoms with Crippen LogP contribution in [0, 0.1) is 10.1 Å². The zero-order valence-corrected chi connectivity index (χ0v) is 10.3. The summed E-state index contributed by atoms with van der Waals surface area (Å²) >= 11 is 0. The third-order valence-electron chi connectivity index (χ3n) is 2.73. The van der Waals surface area contributed by atoms with E-state index in [1.165, 1.54) is 0 Å². The van der Waals surface area contributed by atoms with Crippen LogP contribution in [0.15, 0.2) is 4.63 Å². The van der Waals surface area contributed by atoms with E-state index in [1.807, 2.05) is 0 Å². The fraction of sp³-hybridized carbons (Fsp3) is 0.667. The second-order valence-corrected chi connectivity index (χ2v) is 3.84. The number of hydrogen-bond donors (Lipinski definition) is 0. The molecule has 0 unspecified atom stereocenters. The molecule has 0 aliphatic carbocycles. The zero-order valence-electron chi connectivity index (χ0n) is 10.3. The third-order valence-corrected chi connectivity index (χ3v) is 2.73. The summed E-state index contributed by atoms with van der Waals surface area (Å²) < 4.78 is 9.27. The van der Waals surface area contributed by atoms with Gasteiger partial charge in [0.05, 0.1) is 6.61 Å². The lowest BCUT2D eigenvalue weighted by atomic mass is 10.3. The second-order valence-electron chi connectivity index (χ2n) is 3.84. The number of anilines is 1. The molecule has 1 aliphatic heterocycles. The van der Waals surface area contributed by atoms with Crippen molar-refractivity contribution in [1.82, 2.24) is 15.2 Å². The smallest absolute Gasteiger partial charge is 0.450 e. The summed E-state index contributed by atoms with van der Waals surface area (Å²) in [7, 11) is 0. The van der Waals surface area contributed by atoms with Gasteiger partial charge in [-0.25, -0.2) is 4.79 Å². The molecule has 10 nitrogen and oxygen atoms in total. The maximum absolute atomic E-state index is 11.5. The highest BCUT2D eigenvalue weighted by atomic mass is 16.6. The minimum Gasteiger partial charge on any atom is -0.450 e. The van der Waals surface area contributed by atoms with Gasteiger partial charge in [-0.1, -0.05) is 0 Å². The lowest BCUT2D eigenvalue weighted by molar-refractivity contribution is -0.390. The topological polar surface area (TPSA) is 115 Å². The van der Waals surface area contributed by atoms with Gasteiger partial charge in [-0.15, -0.1) is 4.63 Å². The molecule has 1 amide bonds. The van der Waals surface area contributed by atoms with E-state index in [1.54, 1.807) is 16.7 Å². The van der Waals surface area contributed by atoms with Gasteiger partial charge >= 0.3 is 11.9 Å². The lowest BCUT2D eigenvalue weighted by Crippen LogP contribution is -2.49. The first-order valence-electron chi connectivity index (χ1n) is 5.77. The SMILES string of the molecule is CCOC(=O)N1CCN(c2nonc2[N+](=O)[O-])CC1. The fourth-order valence-corrected chi connectivity index (χ4v) is 1.81. The highest BCUT2D eigenvalue weighted by Gasteiger charge is 2.31. The number of carbonyl (C=O) groups excluding carboxylic acids is 1. The van der Waals surface area contributed by atoms with Crippen molar-refractivity contribution in [3.63, 3.8) is 0 Å². The molecular weight excluding hydrogens is 258 g/mol. The molecule has 1 fully saturated rings. The molecule has 0 aromatic carbocycles.